The van der Waals surface area contributed by atoms with Gasteiger partial charge < -0.3 is 14.8 Å². The molecule has 0 saturated carbocycles. The molecule has 6 nitrogen and oxygen atoms in total. The Morgan fingerprint density at radius 3 is 3.04 bits per heavy atom. The summed E-state index contributed by atoms with van der Waals surface area (Å²) in [6.45, 7) is 7.62. The smallest absolute Gasteiger partial charge is 0.292 e. The number of methoxy groups -OCH3 is 1. The van der Waals surface area contributed by atoms with Gasteiger partial charge in [-0.1, -0.05) is 12.2 Å². The van der Waals surface area contributed by atoms with Crippen molar-refractivity contribution in [3.8, 4) is 5.88 Å². The molecule has 0 aliphatic carbocycles. The second-order valence-corrected chi connectivity index (χ2v) is 6.31. The first-order valence-electron chi connectivity index (χ1n) is 8.93. The van der Waals surface area contributed by atoms with E-state index in [-0.39, 0.29) is 0 Å². The summed E-state index contributed by atoms with van der Waals surface area (Å²) in [4.78, 5) is 16.0. The summed E-state index contributed by atoms with van der Waals surface area (Å²) in [5, 5.41) is 3.35. The Balaban J connectivity index is 0.000000511. The van der Waals surface area contributed by atoms with Gasteiger partial charge in [-0.2, -0.15) is 4.98 Å². The SMILES string of the molecule is C/C=C/CN1CC[C@@H](COc2ccc3c(n2)NCCC3)C1.COC=O. The predicted octanol–water partition coefficient (Wildman–Crippen LogP) is 2.51. The van der Waals surface area contributed by atoms with Crippen molar-refractivity contribution < 1.29 is 14.3 Å². The lowest BCUT2D eigenvalue weighted by atomic mass is 10.1. The normalized spacial score (nSPS) is 19.5. The van der Waals surface area contributed by atoms with Gasteiger partial charge in [0.05, 0.1) is 13.7 Å². The van der Waals surface area contributed by atoms with Gasteiger partial charge in [-0.25, -0.2) is 0 Å². The molecule has 0 bridgehead atoms. The average Bonchev–Trinajstić information content (AvgIpc) is 3.12. The summed E-state index contributed by atoms with van der Waals surface area (Å²) in [5.41, 5.74) is 1.31. The van der Waals surface area contributed by atoms with Crippen molar-refractivity contribution in [2.24, 2.45) is 5.92 Å². The maximum atomic E-state index is 8.95. The number of nitrogens with zero attached hydrogens (tertiary/aromatic N) is 2. The monoisotopic (exact) mass is 347 g/mol. The number of hydrogen-bond donors (Lipinski definition) is 1. The number of allylic oxidation sites excluding steroid dienone is 1. The Hall–Kier alpha value is -2.08. The first kappa shape index (κ1) is 19.2. The van der Waals surface area contributed by atoms with Crippen molar-refractivity contribution in [1.82, 2.24) is 9.88 Å². The molecule has 1 aromatic heterocycles. The van der Waals surface area contributed by atoms with Crippen LogP contribution in [0.15, 0.2) is 24.3 Å². The maximum Gasteiger partial charge on any atom is 0.292 e. The van der Waals surface area contributed by atoms with E-state index in [0.717, 1.165) is 44.4 Å². The predicted molar refractivity (Wildman–Crippen MR) is 99.0 cm³/mol. The van der Waals surface area contributed by atoms with Gasteiger partial charge in [-0.15, -0.1) is 0 Å². The number of pyridine rings is 1. The van der Waals surface area contributed by atoms with Gasteiger partial charge in [0.25, 0.3) is 6.47 Å². The standard InChI is InChI=1S/C17H25N3O.C2H4O2/c1-2-3-10-20-11-8-14(12-20)13-21-16-7-6-15-5-4-9-18-17(15)19-16;1-4-2-3/h2-3,6-7,14H,4-5,8-13H2,1H3,(H,18,19);2H,1H3/b3-2+;/t14-;/m1./s1. The van der Waals surface area contributed by atoms with E-state index in [1.165, 1.54) is 32.1 Å². The Morgan fingerprint density at radius 1 is 1.44 bits per heavy atom. The largest absolute Gasteiger partial charge is 0.477 e. The first-order chi connectivity index (χ1) is 12.3. The molecule has 1 aromatic rings. The Labute approximate surface area is 150 Å². The van der Waals surface area contributed by atoms with E-state index in [4.69, 9.17) is 9.53 Å². The number of fused-ring (bicyclic) bond motifs is 1. The van der Waals surface area contributed by atoms with E-state index < -0.39 is 0 Å². The molecular weight excluding hydrogens is 318 g/mol. The van der Waals surface area contributed by atoms with E-state index in [1.54, 1.807) is 0 Å². The minimum absolute atomic E-state index is 0.375. The van der Waals surface area contributed by atoms with Crippen molar-refractivity contribution in [3.63, 3.8) is 0 Å². The Bertz CT molecular complexity index is 563. The quantitative estimate of drug-likeness (QED) is 0.630. The number of aryl methyl sites for hydroxylation is 1. The summed E-state index contributed by atoms with van der Waals surface area (Å²) in [6, 6.07) is 4.16. The molecule has 2 aliphatic heterocycles. The highest BCUT2D eigenvalue weighted by Gasteiger charge is 2.22. The minimum atomic E-state index is 0.375. The van der Waals surface area contributed by atoms with Gasteiger partial charge in [-0.3, -0.25) is 9.69 Å². The van der Waals surface area contributed by atoms with Crippen LogP contribution in [0.5, 0.6) is 5.88 Å². The molecule has 3 heterocycles. The second-order valence-electron chi connectivity index (χ2n) is 6.31. The zero-order chi connectivity index (χ0) is 17.9. The molecule has 0 spiro atoms. The fraction of sp³-hybridized carbons (Fsp3) is 0.579. The van der Waals surface area contributed by atoms with Crippen LogP contribution in [0.2, 0.25) is 0 Å². The number of ether oxygens (including phenoxy) is 2. The van der Waals surface area contributed by atoms with Gasteiger partial charge in [0.1, 0.15) is 5.82 Å². The summed E-state index contributed by atoms with van der Waals surface area (Å²) in [6.07, 6.45) is 7.88. The molecule has 0 unspecified atom stereocenters. The van der Waals surface area contributed by atoms with Crippen LogP contribution in [0.4, 0.5) is 5.82 Å². The molecular formula is C19H29N3O3. The maximum absolute atomic E-state index is 8.95. The van der Waals surface area contributed by atoms with Gasteiger partial charge >= 0.3 is 0 Å². The van der Waals surface area contributed by atoms with Crippen molar-refractivity contribution in [2.45, 2.75) is 26.2 Å². The van der Waals surface area contributed by atoms with Gasteiger partial charge in [0.2, 0.25) is 5.88 Å². The average molecular weight is 347 g/mol. The van der Waals surface area contributed by atoms with Gasteiger partial charge in [0, 0.05) is 31.6 Å². The van der Waals surface area contributed by atoms with Crippen molar-refractivity contribution in [1.29, 1.82) is 0 Å². The highest BCUT2D eigenvalue weighted by atomic mass is 16.5. The summed E-state index contributed by atoms with van der Waals surface area (Å²) >= 11 is 0. The molecule has 138 valence electrons. The molecule has 3 rings (SSSR count). The third-order valence-corrected chi connectivity index (χ3v) is 4.40. The highest BCUT2D eigenvalue weighted by molar-refractivity contribution is 5.48. The number of nitrogens with one attached hydrogen (secondary N) is 1. The number of aromatic nitrogens is 1. The molecule has 1 atom stereocenters. The zero-order valence-corrected chi connectivity index (χ0v) is 15.2. The number of hydrogen-bond acceptors (Lipinski definition) is 6. The molecule has 1 N–H and O–H groups in total. The van der Waals surface area contributed by atoms with Gasteiger partial charge in [0.15, 0.2) is 0 Å². The van der Waals surface area contributed by atoms with Crippen molar-refractivity contribution >= 4 is 12.3 Å². The molecule has 2 aliphatic rings. The lowest BCUT2D eigenvalue weighted by molar-refractivity contribution is -0.126. The highest BCUT2D eigenvalue weighted by Crippen LogP contribution is 2.23. The first-order valence-corrected chi connectivity index (χ1v) is 8.93. The topological polar surface area (TPSA) is 63.7 Å². The third-order valence-electron chi connectivity index (χ3n) is 4.40. The number of rotatable bonds is 6. The van der Waals surface area contributed by atoms with Crippen LogP contribution < -0.4 is 10.1 Å². The van der Waals surface area contributed by atoms with Crippen molar-refractivity contribution in [3.05, 3.63) is 29.8 Å². The van der Waals surface area contributed by atoms with Crippen LogP contribution in [0, 0.1) is 5.92 Å². The molecule has 0 radical (unpaired) electrons. The van der Waals surface area contributed by atoms with Crippen LogP contribution in [0.25, 0.3) is 0 Å². The molecule has 1 fully saturated rings. The summed E-state index contributed by atoms with van der Waals surface area (Å²) in [7, 11) is 1.31. The third kappa shape index (κ3) is 6.38. The van der Waals surface area contributed by atoms with E-state index in [9.17, 15) is 0 Å². The van der Waals surface area contributed by atoms with Crippen LogP contribution in [-0.2, 0) is 16.0 Å². The molecule has 25 heavy (non-hydrogen) atoms. The van der Waals surface area contributed by atoms with Crippen LogP contribution in [0.1, 0.15) is 25.3 Å². The fourth-order valence-corrected chi connectivity index (χ4v) is 3.06. The summed E-state index contributed by atoms with van der Waals surface area (Å²) < 4.78 is 9.77. The lowest BCUT2D eigenvalue weighted by Crippen LogP contribution is -2.22. The second kappa shape index (κ2) is 10.7. The Morgan fingerprint density at radius 2 is 2.28 bits per heavy atom. The minimum Gasteiger partial charge on any atom is -0.477 e. The Kier molecular flexibility index (Phi) is 8.25. The van der Waals surface area contributed by atoms with E-state index in [0.29, 0.717) is 12.4 Å². The number of anilines is 1. The number of likely N-dealkylation sites (tertiary alicyclic amines) is 1. The van der Waals surface area contributed by atoms with E-state index in [2.05, 4.69) is 45.1 Å². The molecule has 0 amide bonds. The lowest BCUT2D eigenvalue weighted by Gasteiger charge is -2.18. The van der Waals surface area contributed by atoms with Crippen LogP contribution >= 0.6 is 0 Å². The van der Waals surface area contributed by atoms with E-state index in [1.807, 2.05) is 6.07 Å². The summed E-state index contributed by atoms with van der Waals surface area (Å²) in [5.74, 6) is 2.40. The van der Waals surface area contributed by atoms with E-state index >= 15 is 0 Å². The van der Waals surface area contributed by atoms with Crippen molar-refractivity contribution in [2.75, 3.05) is 45.2 Å². The molecule has 0 aromatic carbocycles. The number of carbonyl (C=O) groups excluding carboxylic acids is 1. The molecule has 6 heteroatoms. The van der Waals surface area contributed by atoms with Crippen LogP contribution in [-0.4, -0.2) is 56.3 Å². The fourth-order valence-electron chi connectivity index (χ4n) is 3.06. The molecule has 1 saturated heterocycles. The van der Waals surface area contributed by atoms with Gasteiger partial charge in [-0.05, 0) is 44.4 Å². The zero-order valence-electron chi connectivity index (χ0n) is 15.2. The number of carbonyl (C=O) groups is 1. The van der Waals surface area contributed by atoms with Crippen LogP contribution in [0.3, 0.4) is 0 Å².